The third-order valence-corrected chi connectivity index (χ3v) is 5.76. The van der Waals surface area contributed by atoms with Gasteiger partial charge in [0.15, 0.2) is 4.90 Å². The maximum atomic E-state index is 12.3. The lowest BCUT2D eigenvalue weighted by Crippen LogP contribution is -2.54. The summed E-state index contributed by atoms with van der Waals surface area (Å²) in [4.78, 5) is 10.0. The highest BCUT2D eigenvalue weighted by molar-refractivity contribution is 7.89. The Morgan fingerprint density at radius 3 is 2.36 bits per heavy atom. The Hall–Kier alpha value is -1.51. The van der Waals surface area contributed by atoms with Crippen LogP contribution in [0.1, 0.15) is 25.7 Å². The van der Waals surface area contributed by atoms with E-state index in [1.165, 1.54) is 24.3 Å². The van der Waals surface area contributed by atoms with Gasteiger partial charge in [-0.25, -0.2) is 13.1 Å². The molecule has 0 aromatic heterocycles. The fourth-order valence-corrected chi connectivity index (χ4v) is 4.15. The van der Waals surface area contributed by atoms with Crippen LogP contribution >= 0.6 is 0 Å². The highest BCUT2D eigenvalue weighted by Crippen LogP contribution is 2.28. The molecule has 1 saturated carbocycles. The van der Waals surface area contributed by atoms with Crippen LogP contribution in [-0.4, -0.2) is 26.4 Å². The molecule has 7 nitrogen and oxygen atoms in total. The molecule has 0 unspecified atom stereocenters. The van der Waals surface area contributed by atoms with Gasteiger partial charge in [-0.05, 0) is 37.7 Å². The first-order valence-electron chi connectivity index (χ1n) is 7.46. The molecule has 0 aliphatic heterocycles. The number of hydrogen-bond acceptors (Lipinski definition) is 4. The molecule has 8 heteroatoms. The summed E-state index contributed by atoms with van der Waals surface area (Å²) in [6, 6.07) is 5.41. The van der Waals surface area contributed by atoms with E-state index in [0.717, 1.165) is 32.2 Å². The summed E-state index contributed by atoms with van der Waals surface area (Å²) in [5, 5.41) is 11.0. The molecule has 1 aliphatic carbocycles. The van der Waals surface area contributed by atoms with E-state index in [2.05, 4.69) is 10.5 Å². The quantitative estimate of drug-likeness (QED) is 0.596. The number of nitro groups is 1. The van der Waals surface area contributed by atoms with Crippen LogP contribution in [0.5, 0.6) is 0 Å². The first-order chi connectivity index (χ1) is 10.4. The maximum Gasteiger partial charge on any atom is 0.289 e. The lowest BCUT2D eigenvalue weighted by atomic mass is 9.82. The average Bonchev–Trinajstić information content (AvgIpc) is 2.53. The van der Waals surface area contributed by atoms with Gasteiger partial charge in [0.2, 0.25) is 10.0 Å². The van der Waals surface area contributed by atoms with Gasteiger partial charge in [0.05, 0.1) is 11.5 Å². The van der Waals surface area contributed by atoms with Crippen molar-refractivity contribution in [3.05, 3.63) is 34.4 Å². The minimum absolute atomic E-state index is 0.272. The lowest BCUT2D eigenvalue weighted by Gasteiger charge is -2.26. The van der Waals surface area contributed by atoms with Crippen LogP contribution in [0.3, 0.4) is 0 Å². The van der Waals surface area contributed by atoms with Gasteiger partial charge in [0, 0.05) is 18.5 Å². The van der Waals surface area contributed by atoms with E-state index in [1.54, 1.807) is 0 Å². The third-order valence-electron chi connectivity index (χ3n) is 4.29. The van der Waals surface area contributed by atoms with Gasteiger partial charge in [-0.1, -0.05) is 12.1 Å². The standard InChI is InChI=1S/C14H21N3O4S/c15-9-11-5-7-12(8-6-11)10-16-22(20,21)14-4-2-1-3-13(14)17(18)19/h1-4,11-12,16H,5-10,15H2/p+1. The minimum atomic E-state index is -3.86. The molecule has 0 saturated heterocycles. The molecule has 1 aromatic carbocycles. The van der Waals surface area contributed by atoms with E-state index < -0.39 is 20.6 Å². The van der Waals surface area contributed by atoms with Crippen LogP contribution in [0, 0.1) is 22.0 Å². The molecule has 0 amide bonds. The van der Waals surface area contributed by atoms with Crippen molar-refractivity contribution >= 4 is 15.7 Å². The van der Waals surface area contributed by atoms with Gasteiger partial charge < -0.3 is 5.73 Å². The molecule has 1 aromatic rings. The smallest absolute Gasteiger partial charge is 0.289 e. The van der Waals surface area contributed by atoms with Gasteiger partial charge in [-0.15, -0.1) is 0 Å². The Labute approximate surface area is 130 Å². The number of rotatable bonds is 6. The highest BCUT2D eigenvalue weighted by Gasteiger charge is 2.27. The SMILES string of the molecule is [NH3+]CC1CCC(CNS(=O)(=O)c2ccccc2[N+](=O)[O-])CC1. The number of nitro benzene ring substituents is 1. The van der Waals surface area contributed by atoms with Crippen LogP contribution in [-0.2, 0) is 10.0 Å². The Kier molecular flexibility index (Phi) is 5.49. The molecule has 1 aliphatic rings. The summed E-state index contributed by atoms with van der Waals surface area (Å²) in [5.41, 5.74) is 3.52. The molecule has 1 fully saturated rings. The van der Waals surface area contributed by atoms with Crippen LogP contribution in [0.25, 0.3) is 0 Å². The predicted molar refractivity (Wildman–Crippen MR) is 81.5 cm³/mol. The molecule has 0 atom stereocenters. The summed E-state index contributed by atoms with van der Waals surface area (Å²) in [7, 11) is -3.86. The molecule has 4 N–H and O–H groups in total. The maximum absolute atomic E-state index is 12.3. The molecular weight excluding hydrogens is 306 g/mol. The molecule has 0 heterocycles. The van der Waals surface area contributed by atoms with Gasteiger partial charge >= 0.3 is 0 Å². The number of nitrogens with one attached hydrogen (secondary N) is 1. The average molecular weight is 328 g/mol. The van der Waals surface area contributed by atoms with E-state index in [4.69, 9.17) is 0 Å². The lowest BCUT2D eigenvalue weighted by molar-refractivity contribution is -0.387. The van der Waals surface area contributed by atoms with Gasteiger partial charge in [0.1, 0.15) is 0 Å². The van der Waals surface area contributed by atoms with Crippen molar-refractivity contribution in [2.45, 2.75) is 30.6 Å². The largest absolute Gasteiger partial charge is 0.357 e. The Balaban J connectivity index is 2.02. The fraction of sp³-hybridized carbons (Fsp3) is 0.571. The predicted octanol–water partition coefficient (Wildman–Crippen LogP) is 0.921. The van der Waals surface area contributed by atoms with Crippen molar-refractivity contribution in [3.63, 3.8) is 0 Å². The molecule has 0 bridgehead atoms. The van der Waals surface area contributed by atoms with E-state index in [-0.39, 0.29) is 4.90 Å². The van der Waals surface area contributed by atoms with Gasteiger partial charge in [0.25, 0.3) is 5.69 Å². The van der Waals surface area contributed by atoms with Crippen molar-refractivity contribution in [1.82, 2.24) is 4.72 Å². The van der Waals surface area contributed by atoms with E-state index in [0.29, 0.717) is 18.4 Å². The van der Waals surface area contributed by atoms with Crippen molar-refractivity contribution in [1.29, 1.82) is 0 Å². The molecule has 22 heavy (non-hydrogen) atoms. The molecule has 2 rings (SSSR count). The van der Waals surface area contributed by atoms with Crippen molar-refractivity contribution < 1.29 is 19.1 Å². The summed E-state index contributed by atoms with van der Waals surface area (Å²) in [6.07, 6.45) is 4.09. The van der Waals surface area contributed by atoms with E-state index in [1.807, 2.05) is 0 Å². The Bertz CT molecular complexity index is 625. The zero-order chi connectivity index (χ0) is 16.2. The van der Waals surface area contributed by atoms with Crippen LogP contribution in [0.15, 0.2) is 29.2 Å². The topological polar surface area (TPSA) is 117 Å². The third kappa shape index (κ3) is 4.02. The van der Waals surface area contributed by atoms with Crippen molar-refractivity contribution in [2.24, 2.45) is 11.8 Å². The van der Waals surface area contributed by atoms with E-state index >= 15 is 0 Å². The number of benzene rings is 1. The second-order valence-corrected chi connectivity index (χ2v) is 7.49. The monoisotopic (exact) mass is 328 g/mol. The Morgan fingerprint density at radius 2 is 1.77 bits per heavy atom. The number of hydrogen-bond donors (Lipinski definition) is 2. The van der Waals surface area contributed by atoms with E-state index in [9.17, 15) is 18.5 Å². The van der Waals surface area contributed by atoms with Crippen LogP contribution < -0.4 is 10.5 Å². The normalized spacial score (nSPS) is 22.4. The van der Waals surface area contributed by atoms with Crippen LogP contribution in [0.2, 0.25) is 0 Å². The Morgan fingerprint density at radius 1 is 1.18 bits per heavy atom. The molecule has 0 radical (unpaired) electrons. The van der Waals surface area contributed by atoms with Gasteiger partial charge in [-0.3, -0.25) is 10.1 Å². The van der Waals surface area contributed by atoms with Crippen molar-refractivity contribution in [2.75, 3.05) is 13.1 Å². The molecule has 122 valence electrons. The van der Waals surface area contributed by atoms with Gasteiger partial charge in [-0.2, -0.15) is 0 Å². The second kappa shape index (κ2) is 7.17. The second-order valence-electron chi connectivity index (χ2n) is 5.75. The van der Waals surface area contributed by atoms with Crippen molar-refractivity contribution in [3.8, 4) is 0 Å². The summed E-state index contributed by atoms with van der Waals surface area (Å²) < 4.78 is 27.1. The first kappa shape index (κ1) is 16.9. The summed E-state index contributed by atoms with van der Waals surface area (Å²) >= 11 is 0. The molecule has 0 spiro atoms. The minimum Gasteiger partial charge on any atom is -0.357 e. The van der Waals surface area contributed by atoms with Crippen LogP contribution in [0.4, 0.5) is 5.69 Å². The molecular formula is C14H22N3O4S+. The first-order valence-corrected chi connectivity index (χ1v) is 8.94. The number of para-hydroxylation sites is 1. The number of nitrogens with zero attached hydrogens (tertiary/aromatic N) is 1. The number of sulfonamides is 1. The number of quaternary nitrogens is 1. The summed E-state index contributed by atoms with van der Waals surface area (Å²) in [6.45, 7) is 1.26. The fourth-order valence-electron chi connectivity index (χ4n) is 2.86. The highest BCUT2D eigenvalue weighted by atomic mass is 32.2. The zero-order valence-corrected chi connectivity index (χ0v) is 13.2. The zero-order valence-electron chi connectivity index (χ0n) is 12.4. The summed E-state index contributed by atoms with van der Waals surface area (Å²) in [5.74, 6) is 0.934.